The number of rotatable bonds is 6. The first-order chi connectivity index (χ1) is 12.8. The third kappa shape index (κ3) is 4.94. The molecule has 1 heterocycles. The molecule has 0 saturated carbocycles. The zero-order valence-corrected chi connectivity index (χ0v) is 15.3. The van der Waals surface area contributed by atoms with E-state index in [4.69, 9.17) is 0 Å². The van der Waals surface area contributed by atoms with Crippen molar-refractivity contribution < 1.29 is 22.0 Å². The average Bonchev–Trinajstić information content (AvgIpc) is 3.09. The van der Waals surface area contributed by atoms with Gasteiger partial charge in [0.2, 0.25) is 5.91 Å². The summed E-state index contributed by atoms with van der Waals surface area (Å²) < 4.78 is 50.1. The molecule has 0 fully saturated rings. The first kappa shape index (κ1) is 19.1. The molecule has 27 heavy (non-hydrogen) atoms. The van der Waals surface area contributed by atoms with Crippen molar-refractivity contribution in [3.8, 4) is 10.6 Å². The number of benzene rings is 2. The summed E-state index contributed by atoms with van der Waals surface area (Å²) in [6, 6.07) is 10.2. The smallest absolute Gasteiger partial charge is 0.257 e. The van der Waals surface area contributed by atoms with Crippen LogP contribution in [0.4, 0.5) is 8.78 Å². The predicted molar refractivity (Wildman–Crippen MR) is 96.1 cm³/mol. The van der Waals surface area contributed by atoms with Crippen molar-refractivity contribution in [2.24, 2.45) is 0 Å². The van der Waals surface area contributed by atoms with E-state index in [1.54, 1.807) is 17.5 Å². The standard InChI is InChI=1S/C17H13F2N3O3S2/c18-12-6-4-11(5-7-12)17-20-14(10-26-17)9-16(23)21-22-27(24,25)15-3-1-2-13(19)8-15/h1-8,10,22H,9H2,(H,21,23). The van der Waals surface area contributed by atoms with Crippen molar-refractivity contribution >= 4 is 27.3 Å². The Morgan fingerprint density at radius 2 is 1.81 bits per heavy atom. The van der Waals surface area contributed by atoms with Gasteiger partial charge in [-0.3, -0.25) is 10.2 Å². The lowest BCUT2D eigenvalue weighted by Crippen LogP contribution is -2.42. The molecule has 0 aliphatic carbocycles. The van der Waals surface area contributed by atoms with Gasteiger partial charge in [0.25, 0.3) is 10.0 Å². The van der Waals surface area contributed by atoms with Gasteiger partial charge in [0.1, 0.15) is 16.6 Å². The fourth-order valence-corrected chi connectivity index (χ4v) is 3.86. The van der Waals surface area contributed by atoms with Crippen LogP contribution in [0.15, 0.2) is 58.8 Å². The fraction of sp³-hybridized carbons (Fsp3) is 0.0588. The van der Waals surface area contributed by atoms with Crippen molar-refractivity contribution in [1.29, 1.82) is 0 Å². The third-order valence-electron chi connectivity index (χ3n) is 3.42. The Balaban J connectivity index is 1.60. The zero-order chi connectivity index (χ0) is 19.4. The van der Waals surface area contributed by atoms with Crippen LogP contribution in [0.2, 0.25) is 0 Å². The van der Waals surface area contributed by atoms with Gasteiger partial charge in [0.15, 0.2) is 0 Å². The Morgan fingerprint density at radius 1 is 1.07 bits per heavy atom. The summed E-state index contributed by atoms with van der Waals surface area (Å²) in [5.41, 5.74) is 3.20. The molecule has 0 saturated heterocycles. The molecule has 2 aromatic carbocycles. The largest absolute Gasteiger partial charge is 0.277 e. The van der Waals surface area contributed by atoms with Crippen LogP contribution in [0.3, 0.4) is 0 Å². The lowest BCUT2D eigenvalue weighted by Gasteiger charge is -2.07. The van der Waals surface area contributed by atoms with Crippen molar-refractivity contribution in [3.63, 3.8) is 0 Å². The number of carbonyl (C=O) groups excluding carboxylic acids is 1. The van der Waals surface area contributed by atoms with E-state index in [0.717, 1.165) is 12.1 Å². The minimum Gasteiger partial charge on any atom is -0.277 e. The van der Waals surface area contributed by atoms with Crippen LogP contribution in [-0.4, -0.2) is 19.3 Å². The van der Waals surface area contributed by atoms with Gasteiger partial charge < -0.3 is 0 Å². The number of hydrogen-bond acceptors (Lipinski definition) is 5. The molecular weight excluding hydrogens is 396 g/mol. The van der Waals surface area contributed by atoms with Gasteiger partial charge in [0.05, 0.1) is 17.0 Å². The van der Waals surface area contributed by atoms with Crippen molar-refractivity contribution in [1.82, 2.24) is 15.2 Å². The second-order valence-electron chi connectivity index (χ2n) is 5.44. The molecule has 0 aliphatic heterocycles. The van der Waals surface area contributed by atoms with Crippen LogP contribution in [0.25, 0.3) is 10.6 Å². The van der Waals surface area contributed by atoms with E-state index in [1.807, 2.05) is 4.83 Å². The molecule has 2 N–H and O–H groups in total. The van der Waals surface area contributed by atoms with E-state index in [0.29, 0.717) is 16.3 Å². The van der Waals surface area contributed by atoms with Crippen LogP contribution >= 0.6 is 11.3 Å². The number of hydrogen-bond donors (Lipinski definition) is 2. The molecule has 0 bridgehead atoms. The number of sulfonamides is 1. The first-order valence-corrected chi connectivity index (χ1v) is 9.96. The van der Waals surface area contributed by atoms with E-state index in [9.17, 15) is 22.0 Å². The zero-order valence-electron chi connectivity index (χ0n) is 13.6. The Bertz CT molecular complexity index is 1070. The number of nitrogens with one attached hydrogen (secondary N) is 2. The summed E-state index contributed by atoms with van der Waals surface area (Å²) in [4.78, 5) is 17.8. The normalized spacial score (nSPS) is 11.3. The van der Waals surface area contributed by atoms with Gasteiger partial charge in [-0.2, -0.15) is 0 Å². The number of amides is 1. The number of hydrazine groups is 1. The van der Waals surface area contributed by atoms with Gasteiger partial charge in [-0.25, -0.2) is 22.2 Å². The fourth-order valence-electron chi connectivity index (χ4n) is 2.14. The van der Waals surface area contributed by atoms with E-state index in [-0.39, 0.29) is 17.1 Å². The SMILES string of the molecule is O=C(Cc1csc(-c2ccc(F)cc2)n1)NNS(=O)(=O)c1cccc(F)c1. The number of nitrogens with zero attached hydrogens (tertiary/aromatic N) is 1. The number of aromatic nitrogens is 1. The Kier molecular flexibility index (Phi) is 5.59. The highest BCUT2D eigenvalue weighted by Gasteiger charge is 2.16. The summed E-state index contributed by atoms with van der Waals surface area (Å²) in [7, 11) is -4.09. The molecule has 3 rings (SSSR count). The monoisotopic (exact) mass is 409 g/mol. The molecule has 0 radical (unpaired) electrons. The molecule has 0 spiro atoms. The lowest BCUT2D eigenvalue weighted by molar-refractivity contribution is -0.120. The molecule has 0 atom stereocenters. The number of carbonyl (C=O) groups is 1. The molecule has 3 aromatic rings. The van der Waals surface area contributed by atoms with Crippen LogP contribution in [0.5, 0.6) is 0 Å². The quantitative estimate of drug-likeness (QED) is 0.613. The Labute approximate surface area is 157 Å². The molecule has 1 amide bonds. The predicted octanol–water partition coefficient (Wildman–Crippen LogP) is 2.64. The van der Waals surface area contributed by atoms with E-state index < -0.39 is 21.7 Å². The maximum absolute atomic E-state index is 13.1. The molecule has 0 aliphatic rings. The Hall–Kier alpha value is -2.69. The summed E-state index contributed by atoms with van der Waals surface area (Å²) in [6.07, 6.45) is -0.163. The maximum Gasteiger partial charge on any atom is 0.257 e. The number of thiazole rings is 1. The van der Waals surface area contributed by atoms with Gasteiger partial charge >= 0.3 is 0 Å². The second-order valence-corrected chi connectivity index (χ2v) is 7.98. The first-order valence-electron chi connectivity index (χ1n) is 7.60. The minimum atomic E-state index is -4.09. The molecule has 1 aromatic heterocycles. The maximum atomic E-state index is 13.1. The number of halogens is 2. The molecule has 10 heteroatoms. The topological polar surface area (TPSA) is 88.2 Å². The van der Waals surface area contributed by atoms with Crippen LogP contribution in [0.1, 0.15) is 5.69 Å². The van der Waals surface area contributed by atoms with Gasteiger partial charge in [0, 0.05) is 10.9 Å². The van der Waals surface area contributed by atoms with Crippen LogP contribution < -0.4 is 10.3 Å². The minimum absolute atomic E-state index is 0.163. The summed E-state index contributed by atoms with van der Waals surface area (Å²) in [5.74, 6) is -1.70. The molecule has 140 valence electrons. The van der Waals surface area contributed by atoms with E-state index in [1.165, 1.54) is 35.6 Å². The van der Waals surface area contributed by atoms with Crippen LogP contribution in [0, 0.1) is 11.6 Å². The van der Waals surface area contributed by atoms with Crippen LogP contribution in [-0.2, 0) is 21.2 Å². The van der Waals surface area contributed by atoms with Gasteiger partial charge in [-0.15, -0.1) is 16.2 Å². The van der Waals surface area contributed by atoms with Crippen molar-refractivity contribution in [3.05, 3.63) is 71.2 Å². The van der Waals surface area contributed by atoms with Crippen molar-refractivity contribution in [2.45, 2.75) is 11.3 Å². The van der Waals surface area contributed by atoms with Gasteiger partial charge in [-0.05, 0) is 42.5 Å². The average molecular weight is 409 g/mol. The second kappa shape index (κ2) is 7.91. The lowest BCUT2D eigenvalue weighted by atomic mass is 10.2. The summed E-state index contributed by atoms with van der Waals surface area (Å²) in [5, 5.41) is 2.26. The molecular formula is C17H13F2N3O3S2. The highest BCUT2D eigenvalue weighted by Crippen LogP contribution is 2.24. The highest BCUT2D eigenvalue weighted by molar-refractivity contribution is 7.89. The van der Waals surface area contributed by atoms with E-state index in [2.05, 4.69) is 10.4 Å². The summed E-state index contributed by atoms with van der Waals surface area (Å²) >= 11 is 1.28. The van der Waals surface area contributed by atoms with Gasteiger partial charge in [-0.1, -0.05) is 6.07 Å². The highest BCUT2D eigenvalue weighted by atomic mass is 32.2. The van der Waals surface area contributed by atoms with Crippen molar-refractivity contribution in [2.75, 3.05) is 0 Å². The summed E-state index contributed by atoms with van der Waals surface area (Å²) in [6.45, 7) is 0. The molecule has 6 nitrogen and oxygen atoms in total. The molecule has 0 unspecified atom stereocenters. The van der Waals surface area contributed by atoms with E-state index >= 15 is 0 Å². The Morgan fingerprint density at radius 3 is 2.52 bits per heavy atom. The third-order valence-corrected chi connectivity index (χ3v) is 5.60.